The van der Waals surface area contributed by atoms with Crippen molar-refractivity contribution in [2.24, 2.45) is 10.4 Å². The molecule has 1 aromatic rings. The number of aliphatic imine (C=N–C) groups is 1. The monoisotopic (exact) mass is 271 g/mol. The van der Waals surface area contributed by atoms with Crippen LogP contribution in [0.4, 0.5) is 0 Å². The predicted octanol–water partition coefficient (Wildman–Crippen LogP) is 5.42. The number of fused-ring (bicyclic) bond motifs is 1. The molecule has 0 aromatic heterocycles. The second kappa shape index (κ2) is 6.11. The SMILES string of the molecule is C1=NC2(CCCCC2)Cc2ccccc21.CC(C)(C)C. The lowest BCUT2D eigenvalue weighted by molar-refractivity contribution is 0.295. The van der Waals surface area contributed by atoms with E-state index >= 15 is 0 Å². The average molecular weight is 271 g/mol. The van der Waals surface area contributed by atoms with Crippen LogP contribution >= 0.6 is 0 Å². The van der Waals surface area contributed by atoms with Crippen LogP contribution in [0.5, 0.6) is 0 Å². The Balaban J connectivity index is 0.000000257. The fourth-order valence-corrected chi connectivity index (χ4v) is 2.94. The molecular formula is C19H29N. The van der Waals surface area contributed by atoms with Crippen LogP contribution < -0.4 is 0 Å². The maximum atomic E-state index is 4.84. The van der Waals surface area contributed by atoms with Gasteiger partial charge in [-0.15, -0.1) is 0 Å². The summed E-state index contributed by atoms with van der Waals surface area (Å²) in [6, 6.07) is 8.68. The second-order valence-electron chi connectivity index (χ2n) is 7.92. The highest BCUT2D eigenvalue weighted by molar-refractivity contribution is 5.83. The Hall–Kier alpha value is -1.11. The molecule has 0 radical (unpaired) electrons. The van der Waals surface area contributed by atoms with E-state index in [0.29, 0.717) is 5.41 Å². The first kappa shape index (κ1) is 15.3. The van der Waals surface area contributed by atoms with Gasteiger partial charge in [0.25, 0.3) is 0 Å². The van der Waals surface area contributed by atoms with Crippen LogP contribution in [0.3, 0.4) is 0 Å². The molecule has 0 atom stereocenters. The van der Waals surface area contributed by atoms with Crippen molar-refractivity contribution in [1.29, 1.82) is 0 Å². The third kappa shape index (κ3) is 4.47. The molecule has 1 saturated carbocycles. The normalized spacial score (nSPS) is 20.0. The molecule has 1 aliphatic carbocycles. The first-order valence-corrected chi connectivity index (χ1v) is 8.01. The van der Waals surface area contributed by atoms with Crippen molar-refractivity contribution in [3.05, 3.63) is 35.4 Å². The third-order valence-corrected chi connectivity index (χ3v) is 3.84. The topological polar surface area (TPSA) is 12.4 Å². The maximum absolute atomic E-state index is 4.84. The number of rotatable bonds is 0. The van der Waals surface area contributed by atoms with E-state index in [1.807, 2.05) is 0 Å². The highest BCUT2D eigenvalue weighted by Crippen LogP contribution is 2.37. The van der Waals surface area contributed by atoms with E-state index in [9.17, 15) is 0 Å². The highest BCUT2D eigenvalue weighted by atomic mass is 14.9. The van der Waals surface area contributed by atoms with Gasteiger partial charge >= 0.3 is 0 Å². The number of nitrogens with zero attached hydrogens (tertiary/aromatic N) is 1. The first-order valence-electron chi connectivity index (χ1n) is 8.01. The van der Waals surface area contributed by atoms with Gasteiger partial charge in [0.2, 0.25) is 0 Å². The van der Waals surface area contributed by atoms with Crippen LogP contribution in [-0.4, -0.2) is 11.8 Å². The largest absolute Gasteiger partial charge is 0.286 e. The molecule has 1 aliphatic heterocycles. The van der Waals surface area contributed by atoms with E-state index in [0.717, 1.165) is 0 Å². The molecule has 1 fully saturated rings. The molecule has 0 N–H and O–H groups in total. The lowest BCUT2D eigenvalue weighted by Gasteiger charge is -2.36. The van der Waals surface area contributed by atoms with Crippen molar-refractivity contribution in [3.63, 3.8) is 0 Å². The van der Waals surface area contributed by atoms with Crippen LogP contribution in [0.25, 0.3) is 0 Å². The standard InChI is InChI=1S/C14H17N.C5H12/c1-4-8-14(9-5-1)10-12-6-2-3-7-13(12)11-15-14;1-5(2,3)4/h2-3,6-7,11H,1,4-5,8-10H2;1-4H3. The fraction of sp³-hybridized carbons (Fsp3) is 0.632. The summed E-state index contributed by atoms with van der Waals surface area (Å²) < 4.78 is 0. The Morgan fingerprint density at radius 3 is 2.20 bits per heavy atom. The molecule has 1 heteroatoms. The van der Waals surface area contributed by atoms with Crippen LogP contribution in [0.2, 0.25) is 0 Å². The summed E-state index contributed by atoms with van der Waals surface area (Å²) in [5, 5.41) is 0. The number of benzene rings is 1. The van der Waals surface area contributed by atoms with E-state index in [2.05, 4.69) is 58.2 Å². The average Bonchev–Trinajstić information content (AvgIpc) is 2.37. The van der Waals surface area contributed by atoms with Gasteiger partial charge in [0.05, 0.1) is 5.54 Å². The van der Waals surface area contributed by atoms with Crippen LogP contribution in [0.15, 0.2) is 29.3 Å². The van der Waals surface area contributed by atoms with Gasteiger partial charge in [-0.25, -0.2) is 0 Å². The maximum Gasteiger partial charge on any atom is 0.0648 e. The van der Waals surface area contributed by atoms with Gasteiger partial charge in [0.15, 0.2) is 0 Å². The highest BCUT2D eigenvalue weighted by Gasteiger charge is 2.33. The summed E-state index contributed by atoms with van der Waals surface area (Å²) in [7, 11) is 0. The van der Waals surface area contributed by atoms with Crippen LogP contribution in [0, 0.1) is 5.41 Å². The quantitative estimate of drug-likeness (QED) is 0.597. The molecule has 1 spiro atoms. The first-order chi connectivity index (χ1) is 9.38. The minimum Gasteiger partial charge on any atom is -0.286 e. The molecule has 110 valence electrons. The molecule has 0 bridgehead atoms. The fourth-order valence-electron chi connectivity index (χ4n) is 2.94. The van der Waals surface area contributed by atoms with Crippen LogP contribution in [0.1, 0.15) is 70.9 Å². The van der Waals surface area contributed by atoms with Gasteiger partial charge in [-0.1, -0.05) is 71.2 Å². The van der Waals surface area contributed by atoms with Crippen molar-refractivity contribution in [3.8, 4) is 0 Å². The van der Waals surface area contributed by atoms with Crippen molar-refractivity contribution < 1.29 is 0 Å². The zero-order valence-electron chi connectivity index (χ0n) is 13.6. The van der Waals surface area contributed by atoms with E-state index in [4.69, 9.17) is 4.99 Å². The smallest absolute Gasteiger partial charge is 0.0648 e. The summed E-state index contributed by atoms with van der Waals surface area (Å²) in [5.41, 5.74) is 3.59. The molecular weight excluding hydrogens is 242 g/mol. The molecule has 0 unspecified atom stereocenters. The van der Waals surface area contributed by atoms with E-state index in [1.54, 1.807) is 0 Å². The van der Waals surface area contributed by atoms with Gasteiger partial charge in [0.1, 0.15) is 0 Å². The summed E-state index contributed by atoms with van der Waals surface area (Å²) in [5.74, 6) is 0. The number of hydrogen-bond acceptors (Lipinski definition) is 1. The molecule has 2 aliphatic rings. The predicted molar refractivity (Wildman–Crippen MR) is 88.7 cm³/mol. The molecule has 1 aromatic carbocycles. The van der Waals surface area contributed by atoms with E-state index < -0.39 is 0 Å². The summed E-state index contributed by atoms with van der Waals surface area (Å²) >= 11 is 0. The lowest BCUT2D eigenvalue weighted by atomic mass is 9.76. The summed E-state index contributed by atoms with van der Waals surface area (Å²) in [6.07, 6.45) is 9.97. The summed E-state index contributed by atoms with van der Waals surface area (Å²) in [6.45, 7) is 8.75. The Kier molecular flexibility index (Phi) is 4.67. The van der Waals surface area contributed by atoms with Gasteiger partial charge in [-0.2, -0.15) is 0 Å². The van der Waals surface area contributed by atoms with Crippen LogP contribution in [-0.2, 0) is 6.42 Å². The van der Waals surface area contributed by atoms with Crippen molar-refractivity contribution in [1.82, 2.24) is 0 Å². The van der Waals surface area contributed by atoms with E-state index in [1.165, 1.54) is 49.7 Å². The summed E-state index contributed by atoms with van der Waals surface area (Å²) in [4.78, 5) is 4.84. The molecule has 20 heavy (non-hydrogen) atoms. The second-order valence-corrected chi connectivity index (χ2v) is 7.92. The van der Waals surface area contributed by atoms with Crippen molar-refractivity contribution in [2.45, 2.75) is 71.8 Å². The van der Waals surface area contributed by atoms with Gasteiger partial charge in [-0.3, -0.25) is 4.99 Å². The minimum absolute atomic E-state index is 0.270. The number of hydrogen-bond donors (Lipinski definition) is 0. The minimum atomic E-state index is 0.270. The Labute approximate surface area is 124 Å². The lowest BCUT2D eigenvalue weighted by Crippen LogP contribution is -2.34. The molecule has 1 nitrogen and oxygen atoms in total. The Morgan fingerprint density at radius 2 is 1.55 bits per heavy atom. The van der Waals surface area contributed by atoms with Crippen molar-refractivity contribution >= 4 is 6.21 Å². The third-order valence-electron chi connectivity index (χ3n) is 3.84. The zero-order valence-corrected chi connectivity index (χ0v) is 13.6. The van der Waals surface area contributed by atoms with Gasteiger partial charge in [-0.05, 0) is 35.8 Å². The van der Waals surface area contributed by atoms with Gasteiger partial charge in [0, 0.05) is 6.21 Å². The van der Waals surface area contributed by atoms with E-state index in [-0.39, 0.29) is 5.54 Å². The Morgan fingerprint density at radius 1 is 0.950 bits per heavy atom. The molecule has 1 heterocycles. The molecule has 0 saturated heterocycles. The molecule has 3 rings (SSSR count). The van der Waals surface area contributed by atoms with Gasteiger partial charge < -0.3 is 0 Å². The zero-order chi connectivity index (χ0) is 14.6. The molecule has 0 amide bonds. The Bertz CT molecular complexity index is 453. The van der Waals surface area contributed by atoms with Crippen molar-refractivity contribution in [2.75, 3.05) is 0 Å².